The molecular weight excluding hydrogens is 313 g/mol. The number of rotatable bonds is 3. The highest BCUT2D eigenvalue weighted by Gasteiger charge is 2.32. The van der Waals surface area contributed by atoms with Gasteiger partial charge in [-0.15, -0.1) is 24.8 Å². The van der Waals surface area contributed by atoms with Gasteiger partial charge in [-0.25, -0.2) is 5.43 Å². The van der Waals surface area contributed by atoms with Crippen molar-refractivity contribution in [3.05, 3.63) is 36.2 Å². The normalized spacial score (nSPS) is 27.1. The van der Waals surface area contributed by atoms with Gasteiger partial charge in [-0.05, 0) is 24.6 Å². The highest BCUT2D eigenvalue weighted by atomic mass is 35.5. The summed E-state index contributed by atoms with van der Waals surface area (Å²) >= 11 is 0. The van der Waals surface area contributed by atoms with Crippen LogP contribution in [0.15, 0.2) is 36.2 Å². The maximum Gasteiger partial charge on any atom is 0.107 e. The fourth-order valence-electron chi connectivity index (χ4n) is 2.49. The van der Waals surface area contributed by atoms with E-state index < -0.39 is 5.66 Å². The molecular formula is C13H25Cl2N5O. The number of fused-ring (bicyclic) bond motifs is 1. The molecule has 0 aromatic heterocycles. The predicted molar refractivity (Wildman–Crippen MR) is 89.7 cm³/mol. The van der Waals surface area contributed by atoms with Crippen molar-refractivity contribution < 1.29 is 4.74 Å². The van der Waals surface area contributed by atoms with Gasteiger partial charge in [0.15, 0.2) is 0 Å². The zero-order valence-electron chi connectivity index (χ0n) is 12.0. The number of nitrogens with one attached hydrogen (secondary N) is 1. The number of ether oxygens (including phenoxy) is 1. The lowest BCUT2D eigenvalue weighted by atomic mass is 10.1. The number of halogens is 2. The summed E-state index contributed by atoms with van der Waals surface area (Å²) in [5.74, 6) is 0. The van der Waals surface area contributed by atoms with E-state index in [4.69, 9.17) is 10.5 Å². The van der Waals surface area contributed by atoms with Crippen LogP contribution in [0.1, 0.15) is 6.42 Å². The molecule has 3 rings (SSSR count). The third kappa shape index (κ3) is 4.96. The Hall–Kier alpha value is -0.600. The molecule has 1 atom stereocenters. The summed E-state index contributed by atoms with van der Waals surface area (Å²) in [6.45, 7) is 4.69. The van der Waals surface area contributed by atoms with Gasteiger partial charge in [0.05, 0.1) is 18.9 Å². The molecule has 0 aromatic rings. The Bertz CT molecular complexity index is 409. The Balaban J connectivity index is 0.00000133. The van der Waals surface area contributed by atoms with Crippen LogP contribution in [0.2, 0.25) is 0 Å². The van der Waals surface area contributed by atoms with Crippen LogP contribution >= 0.6 is 24.8 Å². The molecule has 6 nitrogen and oxygen atoms in total. The van der Waals surface area contributed by atoms with Crippen LogP contribution in [0.5, 0.6) is 0 Å². The van der Waals surface area contributed by atoms with E-state index in [2.05, 4.69) is 22.5 Å². The number of nitrogens with zero attached hydrogens (tertiary/aromatic N) is 2. The van der Waals surface area contributed by atoms with Crippen molar-refractivity contribution in [1.82, 2.24) is 21.5 Å². The van der Waals surface area contributed by atoms with E-state index >= 15 is 0 Å². The molecule has 3 aliphatic rings. The second kappa shape index (κ2) is 8.75. The maximum absolute atomic E-state index is 6.38. The lowest BCUT2D eigenvalue weighted by molar-refractivity contribution is 0.0340. The van der Waals surface area contributed by atoms with Gasteiger partial charge < -0.3 is 16.6 Å². The molecule has 3 aliphatic heterocycles. The second-order valence-corrected chi connectivity index (χ2v) is 5.00. The monoisotopic (exact) mass is 337 g/mol. The first-order valence-corrected chi connectivity index (χ1v) is 6.49. The molecule has 0 amide bonds. The molecule has 3 heterocycles. The lowest BCUT2D eigenvalue weighted by Gasteiger charge is -2.31. The van der Waals surface area contributed by atoms with Gasteiger partial charge in [0.2, 0.25) is 0 Å². The molecule has 0 bridgehead atoms. The zero-order chi connectivity index (χ0) is 12.4. The minimum absolute atomic E-state index is 0. The third-order valence-corrected chi connectivity index (χ3v) is 3.57. The standard InChI is InChI=1S/C13H20N4O.2ClH.H3N/c14-13(4-6-16-7-9-18-10-8-16)11-12-3-1-2-5-17(12)15-13;;;/h1-3,5,11,15H,4,6-10,14H2;2*1H;1H3. The van der Waals surface area contributed by atoms with Crippen LogP contribution in [-0.2, 0) is 4.74 Å². The molecule has 0 aliphatic carbocycles. The van der Waals surface area contributed by atoms with Gasteiger partial charge in [0.1, 0.15) is 5.66 Å². The third-order valence-electron chi connectivity index (χ3n) is 3.57. The van der Waals surface area contributed by atoms with Crippen LogP contribution in [-0.4, -0.2) is 48.4 Å². The van der Waals surface area contributed by atoms with Crippen molar-refractivity contribution in [3.63, 3.8) is 0 Å². The summed E-state index contributed by atoms with van der Waals surface area (Å²) in [6, 6.07) is 0. The summed E-state index contributed by atoms with van der Waals surface area (Å²) in [7, 11) is 0. The molecule has 1 saturated heterocycles. The number of hydrogen-bond donors (Lipinski definition) is 3. The predicted octanol–water partition coefficient (Wildman–Crippen LogP) is 1.16. The molecule has 0 saturated carbocycles. The minimum Gasteiger partial charge on any atom is -0.379 e. The summed E-state index contributed by atoms with van der Waals surface area (Å²) in [5.41, 5.74) is 10.4. The molecule has 1 unspecified atom stereocenters. The molecule has 6 N–H and O–H groups in total. The summed E-state index contributed by atoms with van der Waals surface area (Å²) < 4.78 is 5.35. The van der Waals surface area contributed by atoms with Crippen molar-refractivity contribution in [3.8, 4) is 0 Å². The SMILES string of the molecule is Cl.Cl.N.NC1(CCN2CCOCC2)C=C2C=CC=CN2N1. The van der Waals surface area contributed by atoms with Crippen LogP contribution in [0.25, 0.3) is 0 Å². The Morgan fingerprint density at radius 1 is 1.24 bits per heavy atom. The second-order valence-electron chi connectivity index (χ2n) is 5.00. The molecule has 1 fully saturated rings. The van der Waals surface area contributed by atoms with Gasteiger partial charge >= 0.3 is 0 Å². The zero-order valence-corrected chi connectivity index (χ0v) is 13.7. The van der Waals surface area contributed by atoms with Crippen LogP contribution < -0.4 is 17.3 Å². The van der Waals surface area contributed by atoms with Crippen molar-refractivity contribution in [1.29, 1.82) is 0 Å². The fourth-order valence-corrected chi connectivity index (χ4v) is 2.49. The first-order chi connectivity index (χ1) is 8.75. The Morgan fingerprint density at radius 3 is 2.62 bits per heavy atom. The number of hydrazine groups is 1. The van der Waals surface area contributed by atoms with E-state index in [1.165, 1.54) is 0 Å². The smallest absolute Gasteiger partial charge is 0.107 e. The van der Waals surface area contributed by atoms with E-state index in [0.717, 1.165) is 45.0 Å². The largest absolute Gasteiger partial charge is 0.379 e. The van der Waals surface area contributed by atoms with Crippen LogP contribution in [0, 0.1) is 0 Å². The van der Waals surface area contributed by atoms with Crippen molar-refractivity contribution in [2.24, 2.45) is 5.73 Å². The van der Waals surface area contributed by atoms with Gasteiger partial charge in [-0.1, -0.05) is 6.08 Å². The van der Waals surface area contributed by atoms with Gasteiger partial charge in [-0.3, -0.25) is 9.91 Å². The van der Waals surface area contributed by atoms with E-state index in [1.807, 2.05) is 23.4 Å². The summed E-state index contributed by atoms with van der Waals surface area (Å²) in [6.07, 6.45) is 11.1. The summed E-state index contributed by atoms with van der Waals surface area (Å²) in [4.78, 5) is 2.40. The van der Waals surface area contributed by atoms with Crippen molar-refractivity contribution in [2.45, 2.75) is 12.1 Å². The van der Waals surface area contributed by atoms with E-state index in [9.17, 15) is 0 Å². The van der Waals surface area contributed by atoms with Gasteiger partial charge in [0.25, 0.3) is 0 Å². The quantitative estimate of drug-likeness (QED) is 0.716. The van der Waals surface area contributed by atoms with E-state index in [0.29, 0.717) is 0 Å². The molecule has 21 heavy (non-hydrogen) atoms. The van der Waals surface area contributed by atoms with E-state index in [1.54, 1.807) is 0 Å². The minimum atomic E-state index is -0.438. The molecule has 0 aromatic carbocycles. The highest BCUT2D eigenvalue weighted by molar-refractivity contribution is 5.85. The first kappa shape index (κ1) is 20.4. The lowest BCUT2D eigenvalue weighted by Crippen LogP contribution is -2.54. The number of nitrogens with two attached hydrogens (primary N) is 1. The summed E-state index contributed by atoms with van der Waals surface area (Å²) in [5, 5.41) is 1.99. The van der Waals surface area contributed by atoms with Crippen molar-refractivity contribution in [2.75, 3.05) is 32.8 Å². The Morgan fingerprint density at radius 2 is 1.95 bits per heavy atom. The average molecular weight is 338 g/mol. The molecule has 0 radical (unpaired) electrons. The van der Waals surface area contributed by atoms with Crippen LogP contribution in [0.3, 0.4) is 0 Å². The molecule has 0 spiro atoms. The number of hydrogen-bond acceptors (Lipinski definition) is 6. The highest BCUT2D eigenvalue weighted by Crippen LogP contribution is 2.23. The Kier molecular flexibility index (Phi) is 8.50. The van der Waals surface area contributed by atoms with Crippen molar-refractivity contribution >= 4 is 24.8 Å². The maximum atomic E-state index is 6.38. The van der Waals surface area contributed by atoms with E-state index in [-0.39, 0.29) is 31.0 Å². The molecule has 8 heteroatoms. The molecule has 122 valence electrons. The van der Waals surface area contributed by atoms with Gasteiger partial charge in [0, 0.05) is 25.8 Å². The average Bonchev–Trinajstić information content (AvgIpc) is 2.74. The number of morpholine rings is 1. The number of allylic oxidation sites excluding steroid dienone is 3. The topological polar surface area (TPSA) is 88.8 Å². The van der Waals surface area contributed by atoms with Crippen LogP contribution in [0.4, 0.5) is 0 Å². The van der Waals surface area contributed by atoms with Gasteiger partial charge in [-0.2, -0.15) is 0 Å². The first-order valence-electron chi connectivity index (χ1n) is 6.49. The fraction of sp³-hybridized carbons (Fsp3) is 0.538. The Labute approximate surface area is 138 Å².